The highest BCUT2D eigenvalue weighted by Gasteiger charge is 2.08. The first-order valence-corrected chi connectivity index (χ1v) is 4.30. The Labute approximate surface area is 87.6 Å². The number of halogens is 1. The first kappa shape index (κ1) is 10.5. The van der Waals surface area contributed by atoms with Crippen LogP contribution in [0.3, 0.4) is 0 Å². The highest BCUT2D eigenvalue weighted by molar-refractivity contribution is 6.34. The summed E-state index contributed by atoms with van der Waals surface area (Å²) in [5, 5.41) is 0.334. The molecule has 0 amide bonds. The van der Waals surface area contributed by atoms with Crippen LogP contribution in [0.15, 0.2) is 37.7 Å². The second-order valence-corrected chi connectivity index (χ2v) is 2.86. The highest BCUT2D eigenvalue weighted by atomic mass is 35.5. The number of nitrogens with two attached hydrogens (primary N) is 1. The molecule has 0 atom stereocenters. The molecule has 0 aliphatic heterocycles. The molecular weight excluding hydrogens is 198 g/mol. The van der Waals surface area contributed by atoms with Crippen molar-refractivity contribution in [3.63, 3.8) is 0 Å². The summed E-state index contributed by atoms with van der Waals surface area (Å²) in [5.41, 5.74) is 6.87. The first-order chi connectivity index (χ1) is 6.70. The molecule has 1 aromatic heterocycles. The lowest BCUT2D eigenvalue weighted by atomic mass is 10.1. The Morgan fingerprint density at radius 1 is 1.43 bits per heavy atom. The number of allylic oxidation sites excluding steroid dienone is 4. The maximum Gasteiger partial charge on any atom is 0.146 e. The van der Waals surface area contributed by atoms with E-state index in [1.54, 1.807) is 18.2 Å². The van der Waals surface area contributed by atoms with Crippen LogP contribution in [0.4, 0.5) is 5.82 Å². The minimum atomic E-state index is 0.258. The van der Waals surface area contributed by atoms with Gasteiger partial charge in [-0.3, -0.25) is 0 Å². The summed E-state index contributed by atoms with van der Waals surface area (Å²) in [6, 6.07) is 0. The van der Waals surface area contributed by atoms with Crippen molar-refractivity contribution >= 4 is 23.0 Å². The number of hydrogen-bond acceptors (Lipinski definition) is 3. The minimum Gasteiger partial charge on any atom is -0.382 e. The monoisotopic (exact) mass is 207 g/mol. The van der Waals surface area contributed by atoms with Crippen LogP contribution in [0.1, 0.15) is 5.69 Å². The van der Waals surface area contributed by atoms with E-state index in [0.717, 1.165) is 5.57 Å². The number of anilines is 1. The van der Waals surface area contributed by atoms with Gasteiger partial charge in [0.15, 0.2) is 0 Å². The van der Waals surface area contributed by atoms with Crippen LogP contribution in [0.25, 0.3) is 5.57 Å². The van der Waals surface area contributed by atoms with Gasteiger partial charge >= 0.3 is 0 Å². The zero-order valence-corrected chi connectivity index (χ0v) is 8.33. The fourth-order valence-corrected chi connectivity index (χ4v) is 1.16. The molecule has 72 valence electrons. The average Bonchev–Trinajstić information content (AvgIpc) is 2.19. The maximum absolute atomic E-state index is 5.93. The van der Waals surface area contributed by atoms with E-state index in [1.807, 2.05) is 0 Å². The van der Waals surface area contributed by atoms with Crippen LogP contribution in [0.2, 0.25) is 5.02 Å². The van der Waals surface area contributed by atoms with Gasteiger partial charge in [0, 0.05) is 5.57 Å². The lowest BCUT2D eigenvalue weighted by Crippen LogP contribution is -1.97. The van der Waals surface area contributed by atoms with Crippen LogP contribution in [0.5, 0.6) is 0 Å². The molecule has 2 N–H and O–H groups in total. The minimum absolute atomic E-state index is 0.258. The molecule has 0 radical (unpaired) electrons. The van der Waals surface area contributed by atoms with E-state index in [9.17, 15) is 0 Å². The molecule has 4 heteroatoms. The van der Waals surface area contributed by atoms with Gasteiger partial charge in [-0.2, -0.15) is 0 Å². The summed E-state index contributed by atoms with van der Waals surface area (Å²) in [6.07, 6.45) is 6.37. The quantitative estimate of drug-likeness (QED) is 0.775. The summed E-state index contributed by atoms with van der Waals surface area (Å²) < 4.78 is 0. The Morgan fingerprint density at radius 2 is 2.14 bits per heavy atom. The van der Waals surface area contributed by atoms with E-state index >= 15 is 0 Å². The molecular formula is C10H10ClN3. The first-order valence-electron chi connectivity index (χ1n) is 3.92. The van der Waals surface area contributed by atoms with Crippen LogP contribution >= 0.6 is 11.6 Å². The molecule has 14 heavy (non-hydrogen) atoms. The third-order valence-electron chi connectivity index (χ3n) is 1.61. The molecule has 3 nitrogen and oxygen atoms in total. The van der Waals surface area contributed by atoms with Gasteiger partial charge in [0.2, 0.25) is 0 Å². The molecule has 0 aromatic carbocycles. The maximum atomic E-state index is 5.93. The summed E-state index contributed by atoms with van der Waals surface area (Å²) >= 11 is 5.93. The summed E-state index contributed by atoms with van der Waals surface area (Å²) in [4.78, 5) is 7.78. The molecule has 0 spiro atoms. The number of aromatic nitrogens is 2. The lowest BCUT2D eigenvalue weighted by Gasteiger charge is -2.04. The number of nitrogen functional groups attached to an aromatic ring is 1. The van der Waals surface area contributed by atoms with Crippen LogP contribution in [-0.2, 0) is 0 Å². The van der Waals surface area contributed by atoms with Crippen molar-refractivity contribution in [3.05, 3.63) is 48.4 Å². The topological polar surface area (TPSA) is 51.8 Å². The lowest BCUT2D eigenvalue weighted by molar-refractivity contribution is 1.15. The van der Waals surface area contributed by atoms with Crippen LogP contribution < -0.4 is 5.73 Å². The fraction of sp³-hybridized carbons (Fsp3) is 0. The van der Waals surface area contributed by atoms with Gasteiger partial charge < -0.3 is 5.73 Å². The normalized spacial score (nSPS) is 11.1. The Morgan fingerprint density at radius 3 is 2.71 bits per heavy atom. The van der Waals surface area contributed by atoms with Gasteiger partial charge in [-0.05, 0) is 0 Å². The second kappa shape index (κ2) is 4.58. The van der Waals surface area contributed by atoms with Gasteiger partial charge in [-0.15, -0.1) is 0 Å². The zero-order valence-electron chi connectivity index (χ0n) is 7.57. The third-order valence-corrected chi connectivity index (χ3v) is 1.98. The molecule has 0 fully saturated rings. The van der Waals surface area contributed by atoms with Crippen LogP contribution in [-0.4, -0.2) is 9.97 Å². The summed E-state index contributed by atoms with van der Waals surface area (Å²) in [6.45, 7) is 7.23. The molecule has 1 rings (SSSR count). The van der Waals surface area contributed by atoms with Crippen molar-refractivity contribution in [2.24, 2.45) is 0 Å². The second-order valence-electron chi connectivity index (χ2n) is 2.48. The largest absolute Gasteiger partial charge is 0.382 e. The fourth-order valence-electron chi connectivity index (χ4n) is 0.955. The predicted octanol–water partition coefficient (Wildman–Crippen LogP) is 2.47. The van der Waals surface area contributed by atoms with E-state index in [-0.39, 0.29) is 5.82 Å². The molecule has 0 aliphatic rings. The number of rotatable bonds is 3. The zero-order chi connectivity index (χ0) is 10.6. The number of nitrogens with zero attached hydrogens (tertiary/aromatic N) is 2. The van der Waals surface area contributed by atoms with E-state index in [1.165, 1.54) is 6.33 Å². The Balaban J connectivity index is 3.30. The van der Waals surface area contributed by atoms with E-state index in [2.05, 4.69) is 23.1 Å². The Hall–Kier alpha value is -1.61. The SMILES string of the molecule is C=C/C=C(\C=C)c1ncnc(N)c1Cl. The van der Waals surface area contributed by atoms with Crippen molar-refractivity contribution in [3.8, 4) is 0 Å². The van der Waals surface area contributed by atoms with E-state index in [0.29, 0.717) is 10.7 Å². The Bertz CT molecular complexity index is 396. The molecule has 0 unspecified atom stereocenters. The van der Waals surface area contributed by atoms with Crippen molar-refractivity contribution in [2.45, 2.75) is 0 Å². The molecule has 0 saturated carbocycles. The van der Waals surface area contributed by atoms with Crippen molar-refractivity contribution in [1.29, 1.82) is 0 Å². The van der Waals surface area contributed by atoms with Crippen molar-refractivity contribution < 1.29 is 0 Å². The van der Waals surface area contributed by atoms with Gasteiger partial charge in [0.1, 0.15) is 17.2 Å². The molecule has 0 bridgehead atoms. The summed E-state index contributed by atoms with van der Waals surface area (Å²) in [5.74, 6) is 0.258. The molecule has 0 aliphatic carbocycles. The number of hydrogen-bond donors (Lipinski definition) is 1. The summed E-state index contributed by atoms with van der Waals surface area (Å²) in [7, 11) is 0. The molecule has 0 saturated heterocycles. The Kier molecular flexibility index (Phi) is 3.42. The van der Waals surface area contributed by atoms with E-state index in [4.69, 9.17) is 17.3 Å². The van der Waals surface area contributed by atoms with E-state index < -0.39 is 0 Å². The molecule has 1 heterocycles. The standard InChI is InChI=1S/C10H10ClN3/c1-3-5-7(4-2)9-8(11)10(12)14-6-13-9/h3-6H,1-2H2,(H2,12,13,14)/b7-5+. The highest BCUT2D eigenvalue weighted by Crippen LogP contribution is 2.25. The van der Waals surface area contributed by atoms with Gasteiger partial charge in [0.25, 0.3) is 0 Å². The average molecular weight is 208 g/mol. The van der Waals surface area contributed by atoms with Crippen LogP contribution in [0, 0.1) is 0 Å². The predicted molar refractivity (Wildman–Crippen MR) is 59.8 cm³/mol. The van der Waals surface area contributed by atoms with Gasteiger partial charge in [0.05, 0.1) is 5.69 Å². The van der Waals surface area contributed by atoms with Gasteiger partial charge in [-0.1, -0.05) is 43.0 Å². The van der Waals surface area contributed by atoms with Crippen molar-refractivity contribution in [1.82, 2.24) is 9.97 Å². The van der Waals surface area contributed by atoms with Crippen molar-refractivity contribution in [2.75, 3.05) is 5.73 Å². The smallest absolute Gasteiger partial charge is 0.146 e. The van der Waals surface area contributed by atoms with Gasteiger partial charge in [-0.25, -0.2) is 9.97 Å². The third kappa shape index (κ3) is 2.00. The molecule has 1 aromatic rings.